The molecular formula is C16H20FNO2. The van der Waals surface area contributed by atoms with Crippen LogP contribution in [0.2, 0.25) is 0 Å². The Morgan fingerprint density at radius 1 is 1.20 bits per heavy atom. The molecule has 1 aromatic heterocycles. The third kappa shape index (κ3) is 4.10. The smallest absolute Gasteiger partial charge is 0.146 e. The standard InChI is InChI=1S/C16H20FNO2/c1-3-8-18-10-14-4-5-15(20-14)11-19-13-6-7-16(17)12(2)9-13/h4-7,9,18H,3,8,10-11H2,1-2H3. The summed E-state index contributed by atoms with van der Waals surface area (Å²) in [5.41, 5.74) is 0.575. The Morgan fingerprint density at radius 3 is 2.75 bits per heavy atom. The van der Waals surface area contributed by atoms with E-state index in [0.29, 0.717) is 17.9 Å². The molecule has 0 aliphatic rings. The first-order chi connectivity index (χ1) is 9.69. The highest BCUT2D eigenvalue weighted by molar-refractivity contribution is 5.28. The summed E-state index contributed by atoms with van der Waals surface area (Å²) >= 11 is 0. The summed E-state index contributed by atoms with van der Waals surface area (Å²) in [6.45, 7) is 5.88. The molecule has 2 aromatic rings. The first kappa shape index (κ1) is 14.6. The Morgan fingerprint density at radius 2 is 2.00 bits per heavy atom. The van der Waals surface area contributed by atoms with E-state index in [1.54, 1.807) is 19.1 Å². The number of benzene rings is 1. The lowest BCUT2D eigenvalue weighted by atomic mass is 10.2. The second-order valence-corrected chi connectivity index (χ2v) is 4.74. The van der Waals surface area contributed by atoms with E-state index in [0.717, 1.165) is 31.0 Å². The molecular weight excluding hydrogens is 257 g/mol. The van der Waals surface area contributed by atoms with E-state index >= 15 is 0 Å². The van der Waals surface area contributed by atoms with Gasteiger partial charge >= 0.3 is 0 Å². The van der Waals surface area contributed by atoms with Gasteiger partial charge in [0.15, 0.2) is 0 Å². The van der Waals surface area contributed by atoms with Crippen LogP contribution in [0.25, 0.3) is 0 Å². The monoisotopic (exact) mass is 277 g/mol. The van der Waals surface area contributed by atoms with Crippen molar-refractivity contribution in [1.29, 1.82) is 0 Å². The van der Waals surface area contributed by atoms with Gasteiger partial charge in [-0.05, 0) is 55.8 Å². The zero-order valence-corrected chi connectivity index (χ0v) is 11.9. The summed E-state index contributed by atoms with van der Waals surface area (Å²) in [5, 5.41) is 3.28. The van der Waals surface area contributed by atoms with Crippen LogP contribution in [-0.2, 0) is 13.2 Å². The fourth-order valence-electron chi connectivity index (χ4n) is 1.84. The number of halogens is 1. The zero-order valence-electron chi connectivity index (χ0n) is 11.9. The van der Waals surface area contributed by atoms with Gasteiger partial charge in [-0.15, -0.1) is 0 Å². The van der Waals surface area contributed by atoms with Crippen molar-refractivity contribution in [3.63, 3.8) is 0 Å². The van der Waals surface area contributed by atoms with E-state index < -0.39 is 0 Å². The Kier molecular flexibility index (Phi) is 5.18. The normalized spacial score (nSPS) is 10.8. The molecule has 0 atom stereocenters. The van der Waals surface area contributed by atoms with Gasteiger partial charge in [-0.1, -0.05) is 6.92 Å². The van der Waals surface area contributed by atoms with Crippen LogP contribution in [0.4, 0.5) is 4.39 Å². The van der Waals surface area contributed by atoms with Crippen molar-refractivity contribution >= 4 is 0 Å². The van der Waals surface area contributed by atoms with Crippen LogP contribution in [0.5, 0.6) is 5.75 Å². The van der Waals surface area contributed by atoms with E-state index in [1.807, 2.05) is 12.1 Å². The van der Waals surface area contributed by atoms with Gasteiger partial charge in [0.1, 0.15) is 29.7 Å². The van der Waals surface area contributed by atoms with Crippen LogP contribution in [0.15, 0.2) is 34.7 Å². The van der Waals surface area contributed by atoms with Crippen molar-refractivity contribution in [2.45, 2.75) is 33.4 Å². The second-order valence-electron chi connectivity index (χ2n) is 4.74. The maximum Gasteiger partial charge on any atom is 0.146 e. The summed E-state index contributed by atoms with van der Waals surface area (Å²) in [6, 6.07) is 8.56. The first-order valence-electron chi connectivity index (χ1n) is 6.86. The lowest BCUT2D eigenvalue weighted by Crippen LogP contribution is -2.13. The van der Waals surface area contributed by atoms with Gasteiger partial charge in [-0.2, -0.15) is 0 Å². The van der Waals surface area contributed by atoms with Gasteiger partial charge in [-0.3, -0.25) is 0 Å². The molecule has 108 valence electrons. The molecule has 1 N–H and O–H groups in total. The van der Waals surface area contributed by atoms with Crippen LogP contribution < -0.4 is 10.1 Å². The maximum atomic E-state index is 13.1. The minimum Gasteiger partial charge on any atom is -0.486 e. The molecule has 3 nitrogen and oxygen atoms in total. The average Bonchev–Trinajstić information content (AvgIpc) is 2.88. The molecule has 0 unspecified atom stereocenters. The van der Waals surface area contributed by atoms with Crippen LogP contribution in [0.3, 0.4) is 0 Å². The highest BCUT2D eigenvalue weighted by Crippen LogP contribution is 2.18. The quantitative estimate of drug-likeness (QED) is 0.782. The van der Waals surface area contributed by atoms with Crippen LogP contribution in [-0.4, -0.2) is 6.54 Å². The lowest BCUT2D eigenvalue weighted by Gasteiger charge is -2.05. The predicted octanol–water partition coefficient (Wildman–Crippen LogP) is 3.81. The van der Waals surface area contributed by atoms with E-state index in [1.165, 1.54) is 6.07 Å². The Balaban J connectivity index is 1.85. The summed E-state index contributed by atoms with van der Waals surface area (Å²) in [7, 11) is 0. The summed E-state index contributed by atoms with van der Waals surface area (Å²) in [6.07, 6.45) is 1.10. The zero-order chi connectivity index (χ0) is 14.4. The van der Waals surface area contributed by atoms with Crippen molar-refractivity contribution in [3.8, 4) is 5.75 Å². The number of hydrogen-bond donors (Lipinski definition) is 1. The van der Waals surface area contributed by atoms with E-state index in [4.69, 9.17) is 9.15 Å². The molecule has 1 heterocycles. The molecule has 20 heavy (non-hydrogen) atoms. The van der Waals surface area contributed by atoms with Crippen LogP contribution in [0.1, 0.15) is 30.4 Å². The molecule has 0 saturated heterocycles. The Labute approximate surface area is 118 Å². The fourth-order valence-corrected chi connectivity index (χ4v) is 1.84. The lowest BCUT2D eigenvalue weighted by molar-refractivity contribution is 0.264. The molecule has 0 aliphatic carbocycles. The maximum absolute atomic E-state index is 13.1. The summed E-state index contributed by atoms with van der Waals surface area (Å²) in [4.78, 5) is 0. The summed E-state index contributed by atoms with van der Waals surface area (Å²) < 4.78 is 24.4. The van der Waals surface area contributed by atoms with Crippen molar-refractivity contribution in [1.82, 2.24) is 5.32 Å². The molecule has 0 amide bonds. The van der Waals surface area contributed by atoms with Crippen molar-refractivity contribution in [2.24, 2.45) is 0 Å². The highest BCUT2D eigenvalue weighted by atomic mass is 19.1. The summed E-state index contributed by atoms with van der Waals surface area (Å²) in [5.74, 6) is 2.08. The molecule has 0 spiro atoms. The van der Waals surface area contributed by atoms with Crippen LogP contribution >= 0.6 is 0 Å². The fraction of sp³-hybridized carbons (Fsp3) is 0.375. The molecule has 2 rings (SSSR count). The molecule has 4 heteroatoms. The second kappa shape index (κ2) is 7.10. The average molecular weight is 277 g/mol. The van der Waals surface area contributed by atoms with Gasteiger partial charge in [0.25, 0.3) is 0 Å². The number of ether oxygens (including phenoxy) is 1. The molecule has 0 saturated carbocycles. The third-order valence-corrected chi connectivity index (χ3v) is 2.95. The molecule has 0 fully saturated rings. The number of furan rings is 1. The van der Waals surface area contributed by atoms with Gasteiger partial charge in [0.05, 0.1) is 6.54 Å². The number of hydrogen-bond acceptors (Lipinski definition) is 3. The predicted molar refractivity (Wildman–Crippen MR) is 76.2 cm³/mol. The molecule has 0 radical (unpaired) electrons. The Hall–Kier alpha value is -1.81. The topological polar surface area (TPSA) is 34.4 Å². The van der Waals surface area contributed by atoms with E-state index in [2.05, 4.69) is 12.2 Å². The molecule has 1 aromatic carbocycles. The number of rotatable bonds is 7. The van der Waals surface area contributed by atoms with Gasteiger partial charge in [0.2, 0.25) is 0 Å². The van der Waals surface area contributed by atoms with Crippen molar-refractivity contribution in [2.75, 3.05) is 6.54 Å². The largest absolute Gasteiger partial charge is 0.486 e. The highest BCUT2D eigenvalue weighted by Gasteiger charge is 2.04. The minimum absolute atomic E-state index is 0.223. The van der Waals surface area contributed by atoms with Gasteiger partial charge in [-0.25, -0.2) is 4.39 Å². The van der Waals surface area contributed by atoms with Gasteiger partial charge in [0, 0.05) is 0 Å². The van der Waals surface area contributed by atoms with Gasteiger partial charge < -0.3 is 14.5 Å². The van der Waals surface area contributed by atoms with E-state index in [9.17, 15) is 4.39 Å². The van der Waals surface area contributed by atoms with Crippen LogP contribution in [0, 0.1) is 12.7 Å². The number of aryl methyl sites for hydroxylation is 1. The number of nitrogens with one attached hydrogen (secondary N) is 1. The molecule has 0 bridgehead atoms. The van der Waals surface area contributed by atoms with E-state index in [-0.39, 0.29) is 5.82 Å². The van der Waals surface area contributed by atoms with Crippen molar-refractivity contribution < 1.29 is 13.5 Å². The molecule has 0 aliphatic heterocycles. The Bertz CT molecular complexity index is 551. The SMILES string of the molecule is CCCNCc1ccc(COc2ccc(F)c(C)c2)o1. The first-order valence-corrected chi connectivity index (χ1v) is 6.86. The van der Waals surface area contributed by atoms with Crippen molar-refractivity contribution in [3.05, 3.63) is 53.2 Å². The minimum atomic E-state index is -0.223. The third-order valence-electron chi connectivity index (χ3n) is 2.95.